The van der Waals surface area contributed by atoms with Crippen LogP contribution in [0.2, 0.25) is 0 Å². The van der Waals surface area contributed by atoms with Gasteiger partial charge in [-0.3, -0.25) is 4.79 Å². The Morgan fingerprint density at radius 2 is 1.76 bits per heavy atom. The van der Waals surface area contributed by atoms with E-state index in [9.17, 15) is 13.2 Å². The smallest absolute Gasteiger partial charge is 0.251 e. The Hall–Kier alpha value is -2.18. The SMILES string of the molecule is Cc1cccc(C(=O)NCc2ccc(S(=O)(=O)N3CCCC3)cc2)c1. The largest absolute Gasteiger partial charge is 0.348 e. The van der Waals surface area contributed by atoms with Crippen molar-refractivity contribution in [2.45, 2.75) is 31.2 Å². The highest BCUT2D eigenvalue weighted by atomic mass is 32.2. The number of nitrogens with one attached hydrogen (secondary N) is 1. The number of benzene rings is 2. The zero-order valence-corrected chi connectivity index (χ0v) is 15.1. The molecule has 1 aliphatic rings. The van der Waals surface area contributed by atoms with Crippen molar-refractivity contribution in [3.8, 4) is 0 Å². The van der Waals surface area contributed by atoms with Gasteiger partial charge in [-0.2, -0.15) is 4.31 Å². The second-order valence-electron chi connectivity index (χ2n) is 6.31. The molecule has 25 heavy (non-hydrogen) atoms. The van der Waals surface area contributed by atoms with E-state index in [1.165, 1.54) is 4.31 Å². The molecule has 1 N–H and O–H groups in total. The molecule has 0 aliphatic carbocycles. The van der Waals surface area contributed by atoms with Crippen LogP contribution in [0.25, 0.3) is 0 Å². The van der Waals surface area contributed by atoms with Crippen LogP contribution in [-0.2, 0) is 16.6 Å². The van der Waals surface area contributed by atoms with Crippen LogP contribution in [0.3, 0.4) is 0 Å². The van der Waals surface area contributed by atoms with E-state index in [0.717, 1.165) is 24.0 Å². The van der Waals surface area contributed by atoms with Crippen molar-refractivity contribution in [2.75, 3.05) is 13.1 Å². The van der Waals surface area contributed by atoms with E-state index >= 15 is 0 Å². The molecule has 0 saturated carbocycles. The Bertz CT molecular complexity index is 854. The molecule has 1 fully saturated rings. The highest BCUT2D eigenvalue weighted by molar-refractivity contribution is 7.89. The Morgan fingerprint density at radius 3 is 2.40 bits per heavy atom. The molecule has 0 spiro atoms. The maximum Gasteiger partial charge on any atom is 0.251 e. The van der Waals surface area contributed by atoms with Crippen LogP contribution in [0.1, 0.15) is 34.3 Å². The maximum absolute atomic E-state index is 12.5. The van der Waals surface area contributed by atoms with Gasteiger partial charge in [-0.25, -0.2) is 8.42 Å². The second-order valence-corrected chi connectivity index (χ2v) is 8.25. The molecule has 0 unspecified atom stereocenters. The minimum atomic E-state index is -3.39. The van der Waals surface area contributed by atoms with E-state index in [1.54, 1.807) is 30.3 Å². The van der Waals surface area contributed by atoms with Crippen molar-refractivity contribution < 1.29 is 13.2 Å². The van der Waals surface area contributed by atoms with Crippen LogP contribution in [0, 0.1) is 6.92 Å². The fourth-order valence-electron chi connectivity index (χ4n) is 2.93. The van der Waals surface area contributed by atoms with Gasteiger partial charge in [-0.1, -0.05) is 29.8 Å². The first-order valence-corrected chi connectivity index (χ1v) is 9.85. The van der Waals surface area contributed by atoms with Crippen molar-refractivity contribution >= 4 is 15.9 Å². The number of aryl methyl sites for hydroxylation is 1. The highest BCUT2D eigenvalue weighted by Gasteiger charge is 2.26. The maximum atomic E-state index is 12.5. The van der Waals surface area contributed by atoms with Gasteiger partial charge in [-0.05, 0) is 49.6 Å². The number of carbonyl (C=O) groups excluding carboxylic acids is 1. The van der Waals surface area contributed by atoms with Crippen LogP contribution < -0.4 is 5.32 Å². The quantitative estimate of drug-likeness (QED) is 0.894. The Kier molecular flexibility index (Phi) is 5.20. The Balaban J connectivity index is 1.64. The average Bonchev–Trinajstić information content (AvgIpc) is 3.15. The third kappa shape index (κ3) is 4.08. The fraction of sp³-hybridized carbons (Fsp3) is 0.316. The Morgan fingerprint density at radius 1 is 1.08 bits per heavy atom. The summed E-state index contributed by atoms with van der Waals surface area (Å²) in [4.78, 5) is 12.5. The normalized spacial score (nSPS) is 15.2. The standard InChI is InChI=1S/C19H22N2O3S/c1-15-5-4-6-17(13-15)19(22)20-14-16-7-9-18(10-8-16)25(23,24)21-11-2-3-12-21/h4-10,13H,2-3,11-12,14H2,1H3,(H,20,22). The zero-order valence-electron chi connectivity index (χ0n) is 14.2. The van der Waals surface area contributed by atoms with E-state index < -0.39 is 10.0 Å². The molecule has 0 bridgehead atoms. The summed E-state index contributed by atoms with van der Waals surface area (Å²) in [7, 11) is -3.39. The molecular formula is C19H22N2O3S. The van der Waals surface area contributed by atoms with Gasteiger partial charge in [0.25, 0.3) is 5.91 Å². The van der Waals surface area contributed by atoms with Gasteiger partial charge in [0, 0.05) is 25.2 Å². The fourth-order valence-corrected chi connectivity index (χ4v) is 4.44. The molecular weight excluding hydrogens is 336 g/mol. The number of carbonyl (C=O) groups is 1. The summed E-state index contributed by atoms with van der Waals surface area (Å²) >= 11 is 0. The van der Waals surface area contributed by atoms with E-state index in [4.69, 9.17) is 0 Å². The van der Waals surface area contributed by atoms with E-state index in [0.29, 0.717) is 30.1 Å². The molecule has 1 amide bonds. The highest BCUT2D eigenvalue weighted by Crippen LogP contribution is 2.21. The number of rotatable bonds is 5. The first-order chi connectivity index (χ1) is 12.0. The summed E-state index contributed by atoms with van der Waals surface area (Å²) in [5.74, 6) is -0.141. The first kappa shape index (κ1) is 17.6. The van der Waals surface area contributed by atoms with Crippen molar-refractivity contribution in [1.29, 1.82) is 0 Å². The summed E-state index contributed by atoms with van der Waals surface area (Å²) in [6.07, 6.45) is 1.84. The lowest BCUT2D eigenvalue weighted by molar-refractivity contribution is 0.0951. The van der Waals surface area contributed by atoms with Crippen LogP contribution in [-0.4, -0.2) is 31.7 Å². The van der Waals surface area contributed by atoms with E-state index in [1.807, 2.05) is 25.1 Å². The van der Waals surface area contributed by atoms with Crippen LogP contribution in [0.4, 0.5) is 0 Å². The minimum absolute atomic E-state index is 0.141. The average molecular weight is 358 g/mol. The molecule has 2 aromatic carbocycles. The van der Waals surface area contributed by atoms with Crippen molar-refractivity contribution in [1.82, 2.24) is 9.62 Å². The molecule has 6 heteroatoms. The summed E-state index contributed by atoms with van der Waals surface area (Å²) < 4.78 is 26.5. The molecule has 0 radical (unpaired) electrons. The van der Waals surface area contributed by atoms with Gasteiger partial charge in [0.15, 0.2) is 0 Å². The van der Waals surface area contributed by atoms with Gasteiger partial charge in [-0.15, -0.1) is 0 Å². The number of nitrogens with zero attached hydrogens (tertiary/aromatic N) is 1. The van der Waals surface area contributed by atoms with Gasteiger partial charge in [0.1, 0.15) is 0 Å². The molecule has 3 rings (SSSR count). The molecule has 0 atom stereocenters. The molecule has 2 aromatic rings. The lowest BCUT2D eigenvalue weighted by atomic mass is 10.1. The predicted molar refractivity (Wildman–Crippen MR) is 96.8 cm³/mol. The van der Waals surface area contributed by atoms with Crippen molar-refractivity contribution in [2.24, 2.45) is 0 Å². The number of sulfonamides is 1. The molecule has 1 saturated heterocycles. The molecule has 132 valence electrons. The first-order valence-electron chi connectivity index (χ1n) is 8.41. The molecule has 1 aliphatic heterocycles. The van der Waals surface area contributed by atoms with Gasteiger partial charge in [0.05, 0.1) is 4.90 Å². The van der Waals surface area contributed by atoms with Crippen LogP contribution in [0.5, 0.6) is 0 Å². The zero-order chi connectivity index (χ0) is 17.9. The van der Waals surface area contributed by atoms with Crippen molar-refractivity contribution in [3.05, 3.63) is 65.2 Å². The monoisotopic (exact) mass is 358 g/mol. The third-order valence-electron chi connectivity index (χ3n) is 4.36. The summed E-state index contributed by atoms with van der Waals surface area (Å²) in [6, 6.07) is 14.1. The Labute approximate surface area is 148 Å². The van der Waals surface area contributed by atoms with Gasteiger partial charge in [0.2, 0.25) is 10.0 Å². The number of hydrogen-bond acceptors (Lipinski definition) is 3. The van der Waals surface area contributed by atoms with Gasteiger partial charge >= 0.3 is 0 Å². The van der Waals surface area contributed by atoms with Crippen LogP contribution >= 0.6 is 0 Å². The third-order valence-corrected chi connectivity index (χ3v) is 6.27. The summed E-state index contributed by atoms with van der Waals surface area (Å²) in [5, 5.41) is 2.86. The van der Waals surface area contributed by atoms with Crippen molar-refractivity contribution in [3.63, 3.8) is 0 Å². The van der Waals surface area contributed by atoms with Gasteiger partial charge < -0.3 is 5.32 Å². The topological polar surface area (TPSA) is 66.5 Å². The van der Waals surface area contributed by atoms with E-state index in [-0.39, 0.29) is 5.91 Å². The summed E-state index contributed by atoms with van der Waals surface area (Å²) in [5.41, 5.74) is 2.51. The molecule has 5 nitrogen and oxygen atoms in total. The minimum Gasteiger partial charge on any atom is -0.348 e. The summed E-state index contributed by atoms with van der Waals surface area (Å²) in [6.45, 7) is 3.49. The molecule has 1 heterocycles. The predicted octanol–water partition coefficient (Wildman–Crippen LogP) is 2.71. The second kappa shape index (κ2) is 7.37. The number of hydrogen-bond donors (Lipinski definition) is 1. The lowest BCUT2D eigenvalue weighted by Crippen LogP contribution is -2.28. The number of amides is 1. The van der Waals surface area contributed by atoms with E-state index in [2.05, 4.69) is 5.32 Å². The van der Waals surface area contributed by atoms with Crippen LogP contribution in [0.15, 0.2) is 53.4 Å². The lowest BCUT2D eigenvalue weighted by Gasteiger charge is -2.15. The molecule has 0 aromatic heterocycles.